The van der Waals surface area contributed by atoms with Crippen LogP contribution in [0.15, 0.2) is 65.6 Å². The number of nitrogens with one attached hydrogen (secondary N) is 5. The predicted molar refractivity (Wildman–Crippen MR) is 174 cm³/mol. The number of H-pyrrole nitrogens is 1. The fourth-order valence-corrected chi connectivity index (χ4v) is 5.50. The highest BCUT2D eigenvalue weighted by atomic mass is 16.2. The molecular formula is C32H42N10O2. The minimum Gasteiger partial charge on any atom is -0.370 e. The number of fused-ring (bicyclic) bond motifs is 1. The minimum absolute atomic E-state index is 0.0179. The summed E-state index contributed by atoms with van der Waals surface area (Å²) in [5.41, 5.74) is 15.5. The molecule has 12 nitrogen and oxygen atoms in total. The van der Waals surface area contributed by atoms with Gasteiger partial charge in [-0.25, -0.2) is 4.79 Å². The number of aromatic amines is 1. The number of guanidine groups is 1. The lowest BCUT2D eigenvalue weighted by Gasteiger charge is -2.23. The SMILES string of the molecule is N=C(N)NCCCN(CCCN)Cc1ccc(-n2cc3cc(-c4ccc(C(=O)NC5CCNCC5)cc4)[nH]c3nc2=O)cc1. The van der Waals surface area contributed by atoms with Crippen LogP contribution in [-0.4, -0.2) is 76.6 Å². The molecule has 9 N–H and O–H groups in total. The molecule has 1 fully saturated rings. The quantitative estimate of drug-likeness (QED) is 0.0691. The van der Waals surface area contributed by atoms with E-state index in [1.807, 2.05) is 54.6 Å². The molecular weight excluding hydrogens is 556 g/mol. The number of benzene rings is 2. The van der Waals surface area contributed by atoms with Crippen LogP contribution in [0.1, 0.15) is 41.6 Å². The van der Waals surface area contributed by atoms with E-state index in [2.05, 4.69) is 30.8 Å². The molecule has 2 aromatic heterocycles. The largest absolute Gasteiger partial charge is 0.370 e. The van der Waals surface area contributed by atoms with E-state index in [9.17, 15) is 9.59 Å². The van der Waals surface area contributed by atoms with Crippen molar-refractivity contribution in [3.63, 3.8) is 0 Å². The number of aromatic nitrogens is 3. The molecule has 1 aliphatic heterocycles. The predicted octanol–water partition coefficient (Wildman–Crippen LogP) is 1.89. The summed E-state index contributed by atoms with van der Waals surface area (Å²) in [5, 5.41) is 17.4. The summed E-state index contributed by atoms with van der Waals surface area (Å²) in [6.07, 6.45) is 5.44. The Kier molecular flexibility index (Phi) is 10.4. The van der Waals surface area contributed by atoms with Gasteiger partial charge in [0.2, 0.25) is 0 Å². The number of hydrogen-bond acceptors (Lipinski definition) is 7. The molecule has 2 aromatic carbocycles. The number of piperidine rings is 1. The molecule has 3 heterocycles. The summed E-state index contributed by atoms with van der Waals surface area (Å²) in [5.74, 6) is -0.0781. The summed E-state index contributed by atoms with van der Waals surface area (Å²) in [7, 11) is 0. The molecule has 12 heteroatoms. The van der Waals surface area contributed by atoms with Gasteiger partial charge in [0, 0.05) is 48.5 Å². The zero-order chi connectivity index (χ0) is 30.9. The van der Waals surface area contributed by atoms with E-state index in [1.54, 1.807) is 10.8 Å². The maximum atomic E-state index is 13.0. The molecule has 0 saturated carbocycles. The fraction of sp³-hybridized carbons (Fsp3) is 0.375. The second-order valence-corrected chi connectivity index (χ2v) is 11.2. The van der Waals surface area contributed by atoms with Crippen LogP contribution in [0.2, 0.25) is 0 Å². The van der Waals surface area contributed by atoms with E-state index in [0.717, 1.165) is 86.3 Å². The van der Waals surface area contributed by atoms with Gasteiger partial charge in [0.05, 0.1) is 5.69 Å². The Balaban J connectivity index is 1.26. The van der Waals surface area contributed by atoms with Crippen molar-refractivity contribution in [3.8, 4) is 16.9 Å². The third-order valence-electron chi connectivity index (χ3n) is 7.91. The topological polar surface area (TPSA) is 183 Å². The molecule has 5 rings (SSSR count). The van der Waals surface area contributed by atoms with Crippen LogP contribution in [-0.2, 0) is 6.54 Å². The average Bonchev–Trinajstić information content (AvgIpc) is 3.45. The highest BCUT2D eigenvalue weighted by molar-refractivity contribution is 5.95. The Morgan fingerprint density at radius 3 is 2.50 bits per heavy atom. The van der Waals surface area contributed by atoms with E-state index < -0.39 is 0 Å². The molecule has 44 heavy (non-hydrogen) atoms. The summed E-state index contributed by atoms with van der Waals surface area (Å²) < 4.78 is 1.55. The van der Waals surface area contributed by atoms with Crippen molar-refractivity contribution < 1.29 is 4.79 Å². The molecule has 0 unspecified atom stereocenters. The smallest absolute Gasteiger partial charge is 0.354 e. The van der Waals surface area contributed by atoms with Gasteiger partial charge in [-0.05, 0) is 93.3 Å². The van der Waals surface area contributed by atoms with Crippen molar-refractivity contribution in [2.24, 2.45) is 11.5 Å². The third-order valence-corrected chi connectivity index (χ3v) is 7.91. The molecule has 0 bridgehead atoms. The molecule has 0 atom stereocenters. The van der Waals surface area contributed by atoms with Gasteiger partial charge >= 0.3 is 5.69 Å². The first-order chi connectivity index (χ1) is 21.4. The van der Waals surface area contributed by atoms with E-state index in [1.165, 1.54) is 0 Å². The van der Waals surface area contributed by atoms with Crippen LogP contribution in [0.25, 0.3) is 28.0 Å². The first-order valence-electron chi connectivity index (χ1n) is 15.2. The third kappa shape index (κ3) is 8.10. The van der Waals surface area contributed by atoms with Gasteiger partial charge in [-0.3, -0.25) is 19.7 Å². The summed E-state index contributed by atoms with van der Waals surface area (Å²) in [6.45, 7) is 5.61. The zero-order valence-electron chi connectivity index (χ0n) is 24.9. The summed E-state index contributed by atoms with van der Waals surface area (Å²) >= 11 is 0. The van der Waals surface area contributed by atoms with Crippen LogP contribution >= 0.6 is 0 Å². The van der Waals surface area contributed by atoms with Gasteiger partial charge < -0.3 is 32.4 Å². The number of hydrogen-bond donors (Lipinski definition) is 7. The molecule has 0 aliphatic carbocycles. The van der Waals surface area contributed by atoms with Crippen molar-refractivity contribution in [1.82, 2.24) is 35.4 Å². The van der Waals surface area contributed by atoms with Crippen molar-refractivity contribution in [3.05, 3.63) is 82.4 Å². The second kappa shape index (κ2) is 14.8. The van der Waals surface area contributed by atoms with Crippen molar-refractivity contribution >= 4 is 22.9 Å². The second-order valence-electron chi connectivity index (χ2n) is 11.2. The lowest BCUT2D eigenvalue weighted by Crippen LogP contribution is -2.42. The van der Waals surface area contributed by atoms with Gasteiger partial charge in [0.1, 0.15) is 5.65 Å². The number of rotatable bonds is 13. The Labute approximate surface area is 256 Å². The van der Waals surface area contributed by atoms with E-state index >= 15 is 0 Å². The Bertz CT molecular complexity index is 1610. The van der Waals surface area contributed by atoms with Crippen molar-refractivity contribution in [2.45, 2.75) is 38.3 Å². The summed E-state index contributed by atoms with van der Waals surface area (Å²) in [6, 6.07) is 17.6. The fourth-order valence-electron chi connectivity index (χ4n) is 5.50. The van der Waals surface area contributed by atoms with Gasteiger partial charge in [0.25, 0.3) is 5.91 Å². The Morgan fingerprint density at radius 1 is 1.07 bits per heavy atom. The highest BCUT2D eigenvalue weighted by Gasteiger charge is 2.17. The lowest BCUT2D eigenvalue weighted by molar-refractivity contribution is 0.0929. The van der Waals surface area contributed by atoms with E-state index in [4.69, 9.17) is 16.9 Å². The maximum absolute atomic E-state index is 13.0. The van der Waals surface area contributed by atoms with Gasteiger partial charge in [-0.1, -0.05) is 24.3 Å². The normalized spacial score (nSPS) is 13.8. The van der Waals surface area contributed by atoms with Crippen LogP contribution in [0.5, 0.6) is 0 Å². The maximum Gasteiger partial charge on any atom is 0.354 e. The molecule has 1 saturated heterocycles. The Hall–Kier alpha value is -4.52. The monoisotopic (exact) mass is 598 g/mol. The minimum atomic E-state index is -0.369. The van der Waals surface area contributed by atoms with Gasteiger partial charge in [-0.15, -0.1) is 0 Å². The molecule has 1 aliphatic rings. The number of carbonyl (C=O) groups excluding carboxylic acids is 1. The van der Waals surface area contributed by atoms with Crippen LogP contribution in [0.3, 0.4) is 0 Å². The average molecular weight is 599 g/mol. The molecule has 0 spiro atoms. The van der Waals surface area contributed by atoms with E-state index in [0.29, 0.717) is 24.3 Å². The van der Waals surface area contributed by atoms with Gasteiger partial charge in [0.15, 0.2) is 5.96 Å². The first kappa shape index (κ1) is 30.9. The van der Waals surface area contributed by atoms with Crippen LogP contribution in [0, 0.1) is 5.41 Å². The van der Waals surface area contributed by atoms with Crippen LogP contribution in [0.4, 0.5) is 0 Å². The standard InChI is InChI=1S/C32H42N10O2/c33-13-1-17-41(18-2-14-37-31(34)35)20-22-3-9-27(10-4-22)42-21-25-19-28(39-29(25)40-32(42)44)23-5-7-24(8-6-23)30(43)38-26-11-15-36-16-12-26/h3-10,19,21,26,36H,1-2,11-18,20,33H2,(H,38,43)(H4,34,35,37)(H,39,40,44). The molecule has 0 radical (unpaired) electrons. The van der Waals surface area contributed by atoms with Crippen molar-refractivity contribution in [1.29, 1.82) is 5.41 Å². The Morgan fingerprint density at radius 2 is 1.80 bits per heavy atom. The van der Waals surface area contributed by atoms with E-state index in [-0.39, 0.29) is 23.6 Å². The molecule has 232 valence electrons. The number of carbonyl (C=O) groups is 1. The molecule has 1 amide bonds. The van der Waals surface area contributed by atoms with Crippen molar-refractivity contribution in [2.75, 3.05) is 39.3 Å². The van der Waals surface area contributed by atoms with Crippen LogP contribution < -0.4 is 33.1 Å². The number of amides is 1. The molecule has 4 aromatic rings. The zero-order valence-corrected chi connectivity index (χ0v) is 24.9. The highest BCUT2D eigenvalue weighted by Crippen LogP contribution is 2.24. The summed E-state index contributed by atoms with van der Waals surface area (Å²) in [4.78, 5) is 35.5. The van der Waals surface area contributed by atoms with Gasteiger partial charge in [-0.2, -0.15) is 4.98 Å². The lowest BCUT2D eigenvalue weighted by atomic mass is 10.0. The number of nitrogens with zero attached hydrogens (tertiary/aromatic N) is 3. The number of nitrogens with two attached hydrogens (primary N) is 2. The first-order valence-corrected chi connectivity index (χ1v) is 15.2.